The fraction of sp³-hybridized carbons (Fsp3) is 0.211. The minimum atomic E-state index is -0.153. The zero-order chi connectivity index (χ0) is 18.8. The zero-order valence-electron chi connectivity index (χ0n) is 14.4. The molecule has 3 aromatic rings. The number of nitrogens with zero attached hydrogens (tertiary/aromatic N) is 3. The van der Waals surface area contributed by atoms with Gasteiger partial charge in [-0.25, -0.2) is 4.79 Å². The van der Waals surface area contributed by atoms with Crippen LogP contribution in [0.5, 0.6) is 0 Å². The quantitative estimate of drug-likeness (QED) is 0.648. The minimum absolute atomic E-state index is 0.0699. The first kappa shape index (κ1) is 17.9. The SMILES string of the molecule is O=C(Nc1cccc(Br)c1)N1CCN(C(=O)c2nsc3ccccc23)CC1. The molecule has 8 heteroatoms. The summed E-state index contributed by atoms with van der Waals surface area (Å²) in [7, 11) is 0. The maximum absolute atomic E-state index is 12.8. The number of rotatable bonds is 2. The number of hydrogen-bond donors (Lipinski definition) is 1. The summed E-state index contributed by atoms with van der Waals surface area (Å²) >= 11 is 4.73. The Labute approximate surface area is 169 Å². The predicted octanol–water partition coefficient (Wildman–Crippen LogP) is 4.05. The van der Waals surface area contributed by atoms with E-state index in [0.29, 0.717) is 31.9 Å². The monoisotopic (exact) mass is 444 g/mol. The predicted molar refractivity (Wildman–Crippen MR) is 110 cm³/mol. The van der Waals surface area contributed by atoms with E-state index in [4.69, 9.17) is 0 Å². The first-order valence-corrected chi connectivity index (χ1v) is 10.1. The van der Waals surface area contributed by atoms with Crippen LogP contribution < -0.4 is 5.32 Å². The van der Waals surface area contributed by atoms with Crippen molar-refractivity contribution < 1.29 is 9.59 Å². The van der Waals surface area contributed by atoms with Crippen molar-refractivity contribution in [2.45, 2.75) is 0 Å². The van der Waals surface area contributed by atoms with E-state index in [1.54, 1.807) is 9.80 Å². The number of aromatic nitrogens is 1. The molecule has 1 aliphatic rings. The third-order valence-corrected chi connectivity index (χ3v) is 5.83. The van der Waals surface area contributed by atoms with Gasteiger partial charge in [-0.15, -0.1) is 0 Å². The van der Waals surface area contributed by atoms with Gasteiger partial charge in [-0.1, -0.05) is 40.2 Å². The lowest BCUT2D eigenvalue weighted by Gasteiger charge is -2.34. The lowest BCUT2D eigenvalue weighted by atomic mass is 10.2. The van der Waals surface area contributed by atoms with Gasteiger partial charge in [-0.2, -0.15) is 4.37 Å². The Balaban J connectivity index is 1.38. The fourth-order valence-electron chi connectivity index (χ4n) is 3.07. The van der Waals surface area contributed by atoms with E-state index in [-0.39, 0.29) is 11.9 Å². The highest BCUT2D eigenvalue weighted by atomic mass is 79.9. The number of benzene rings is 2. The third-order valence-electron chi connectivity index (χ3n) is 4.51. The van der Waals surface area contributed by atoms with Crippen LogP contribution in [0.3, 0.4) is 0 Å². The molecule has 1 N–H and O–H groups in total. The van der Waals surface area contributed by atoms with Crippen molar-refractivity contribution in [3.8, 4) is 0 Å². The second-order valence-electron chi connectivity index (χ2n) is 6.25. The summed E-state index contributed by atoms with van der Waals surface area (Å²) in [5, 5.41) is 3.78. The number of carbonyl (C=O) groups is 2. The summed E-state index contributed by atoms with van der Waals surface area (Å²) in [6.45, 7) is 1.98. The van der Waals surface area contributed by atoms with E-state index < -0.39 is 0 Å². The zero-order valence-corrected chi connectivity index (χ0v) is 16.8. The van der Waals surface area contributed by atoms with Crippen LogP contribution in [0.25, 0.3) is 10.1 Å². The molecule has 1 fully saturated rings. The number of nitrogens with one attached hydrogen (secondary N) is 1. The second-order valence-corrected chi connectivity index (χ2v) is 7.97. The van der Waals surface area contributed by atoms with Gasteiger partial charge in [0.15, 0.2) is 0 Å². The van der Waals surface area contributed by atoms with Gasteiger partial charge in [-0.3, -0.25) is 4.79 Å². The van der Waals surface area contributed by atoms with Crippen LogP contribution in [-0.2, 0) is 0 Å². The molecule has 0 spiro atoms. The number of halogens is 1. The number of fused-ring (bicyclic) bond motifs is 1. The fourth-order valence-corrected chi connectivity index (χ4v) is 4.24. The summed E-state index contributed by atoms with van der Waals surface area (Å²) in [5.41, 5.74) is 1.24. The van der Waals surface area contributed by atoms with Crippen LogP contribution in [0.4, 0.5) is 10.5 Å². The average Bonchev–Trinajstić information content (AvgIpc) is 3.12. The second kappa shape index (κ2) is 7.66. The average molecular weight is 445 g/mol. The van der Waals surface area contributed by atoms with Crippen LogP contribution in [0.2, 0.25) is 0 Å². The first-order chi connectivity index (χ1) is 13.1. The van der Waals surface area contributed by atoms with Crippen molar-refractivity contribution in [2.24, 2.45) is 0 Å². The summed E-state index contributed by atoms with van der Waals surface area (Å²) in [6.07, 6.45) is 0. The standard InChI is InChI=1S/C19H17BrN4O2S/c20-13-4-3-5-14(12-13)21-19(26)24-10-8-23(9-11-24)18(25)17-15-6-1-2-7-16(15)27-22-17/h1-7,12H,8-11H2,(H,21,26). The molecule has 27 heavy (non-hydrogen) atoms. The van der Waals surface area contributed by atoms with Crippen molar-refractivity contribution in [3.63, 3.8) is 0 Å². The molecule has 0 radical (unpaired) electrons. The number of amides is 3. The van der Waals surface area contributed by atoms with Crippen LogP contribution in [0, 0.1) is 0 Å². The van der Waals surface area contributed by atoms with E-state index >= 15 is 0 Å². The van der Waals surface area contributed by atoms with Crippen molar-refractivity contribution >= 4 is 55.2 Å². The lowest BCUT2D eigenvalue weighted by Crippen LogP contribution is -2.51. The molecule has 0 bridgehead atoms. The van der Waals surface area contributed by atoms with E-state index in [9.17, 15) is 9.59 Å². The van der Waals surface area contributed by atoms with Crippen molar-refractivity contribution in [2.75, 3.05) is 31.5 Å². The Kier molecular flexibility index (Phi) is 5.09. The van der Waals surface area contributed by atoms with Gasteiger partial charge in [0.25, 0.3) is 5.91 Å². The van der Waals surface area contributed by atoms with Crippen molar-refractivity contribution in [1.29, 1.82) is 0 Å². The Morgan fingerprint density at radius 3 is 2.52 bits per heavy atom. The van der Waals surface area contributed by atoms with E-state index in [1.807, 2.05) is 48.5 Å². The van der Waals surface area contributed by atoms with Gasteiger partial charge in [0.2, 0.25) is 0 Å². The van der Waals surface area contributed by atoms with Crippen LogP contribution in [-0.4, -0.2) is 52.3 Å². The highest BCUT2D eigenvalue weighted by Gasteiger charge is 2.27. The molecule has 0 saturated carbocycles. The first-order valence-electron chi connectivity index (χ1n) is 8.57. The molecular weight excluding hydrogens is 428 g/mol. The molecule has 6 nitrogen and oxygen atoms in total. The van der Waals surface area contributed by atoms with Crippen LogP contribution in [0.1, 0.15) is 10.5 Å². The summed E-state index contributed by atoms with van der Waals surface area (Å²) in [6, 6.07) is 15.1. The molecule has 2 heterocycles. The topological polar surface area (TPSA) is 65.5 Å². The molecule has 1 aliphatic heterocycles. The Hall–Kier alpha value is -2.45. The summed E-state index contributed by atoms with van der Waals surface area (Å²) in [4.78, 5) is 28.8. The number of carbonyl (C=O) groups excluding carboxylic acids is 2. The number of piperazine rings is 1. The Bertz CT molecular complexity index is 998. The van der Waals surface area contributed by atoms with Crippen LogP contribution >= 0.6 is 27.5 Å². The molecule has 0 aliphatic carbocycles. The van der Waals surface area contributed by atoms with Gasteiger partial charge in [-0.05, 0) is 35.8 Å². The van der Waals surface area contributed by atoms with Gasteiger partial charge in [0.1, 0.15) is 5.69 Å². The highest BCUT2D eigenvalue weighted by molar-refractivity contribution is 9.10. The van der Waals surface area contributed by atoms with Gasteiger partial charge in [0, 0.05) is 41.7 Å². The molecule has 1 aromatic heterocycles. The van der Waals surface area contributed by atoms with Crippen molar-refractivity contribution in [3.05, 3.63) is 58.7 Å². The highest BCUT2D eigenvalue weighted by Crippen LogP contribution is 2.24. The van der Waals surface area contributed by atoms with Gasteiger partial charge >= 0.3 is 6.03 Å². The van der Waals surface area contributed by atoms with E-state index in [1.165, 1.54) is 11.5 Å². The minimum Gasteiger partial charge on any atom is -0.334 e. The molecule has 3 amide bonds. The molecular formula is C19H17BrN4O2S. The Morgan fingerprint density at radius 1 is 1.00 bits per heavy atom. The molecule has 2 aromatic carbocycles. The lowest BCUT2D eigenvalue weighted by molar-refractivity contribution is 0.0669. The van der Waals surface area contributed by atoms with E-state index in [2.05, 4.69) is 25.6 Å². The van der Waals surface area contributed by atoms with Gasteiger partial charge in [0.05, 0.1) is 4.70 Å². The maximum Gasteiger partial charge on any atom is 0.321 e. The number of anilines is 1. The molecule has 0 atom stereocenters. The van der Waals surface area contributed by atoms with Crippen LogP contribution in [0.15, 0.2) is 53.0 Å². The number of hydrogen-bond acceptors (Lipinski definition) is 4. The smallest absolute Gasteiger partial charge is 0.321 e. The summed E-state index contributed by atoms with van der Waals surface area (Å²) in [5.74, 6) is -0.0699. The van der Waals surface area contributed by atoms with E-state index in [0.717, 1.165) is 20.2 Å². The number of urea groups is 1. The largest absolute Gasteiger partial charge is 0.334 e. The normalized spacial score (nSPS) is 14.4. The maximum atomic E-state index is 12.8. The Morgan fingerprint density at radius 2 is 1.74 bits per heavy atom. The molecule has 4 rings (SSSR count). The molecule has 0 unspecified atom stereocenters. The van der Waals surface area contributed by atoms with Crippen molar-refractivity contribution in [1.82, 2.24) is 14.2 Å². The molecule has 1 saturated heterocycles. The van der Waals surface area contributed by atoms with Gasteiger partial charge < -0.3 is 15.1 Å². The summed E-state index contributed by atoms with van der Waals surface area (Å²) < 4.78 is 6.26. The third kappa shape index (κ3) is 3.81. The molecule has 138 valence electrons.